The van der Waals surface area contributed by atoms with E-state index in [0.717, 1.165) is 44.3 Å². The van der Waals surface area contributed by atoms with Crippen molar-refractivity contribution >= 4 is 43.4 Å². The number of hydrogen-bond acceptors (Lipinski definition) is 3. The Morgan fingerprint density at radius 3 is 1.71 bits per heavy atom. The third-order valence-electron chi connectivity index (χ3n) is 12.9. The second-order valence-electron chi connectivity index (χ2n) is 17.6. The lowest BCUT2D eigenvalue weighted by Gasteiger charge is -2.42. The first kappa shape index (κ1) is 35.3. The van der Waals surface area contributed by atoms with Crippen LogP contribution in [0.3, 0.4) is 0 Å². The zero-order chi connectivity index (χ0) is 39.9. The molecule has 0 atom stereocenters. The Balaban J connectivity index is 1.11. The Labute approximate surface area is 344 Å². The van der Waals surface area contributed by atoms with Crippen molar-refractivity contribution in [2.24, 2.45) is 0 Å². The molecule has 2 heterocycles. The van der Waals surface area contributed by atoms with E-state index in [1.54, 1.807) is 0 Å². The van der Waals surface area contributed by atoms with Gasteiger partial charge in [-0.1, -0.05) is 161 Å². The molecular formula is C55H44N4. The molecule has 8 aromatic carbocycles. The Bertz CT molecular complexity index is 3270. The van der Waals surface area contributed by atoms with E-state index in [-0.39, 0.29) is 10.8 Å². The first-order chi connectivity index (χ1) is 28.7. The second kappa shape index (κ2) is 13.3. The molecule has 2 aromatic heterocycles. The minimum atomic E-state index is 0.0888. The fourth-order valence-electron chi connectivity index (χ4n) is 9.44. The summed E-state index contributed by atoms with van der Waals surface area (Å²) < 4.78 is 2.52. The molecule has 4 heteroatoms. The van der Waals surface area contributed by atoms with Gasteiger partial charge in [0.25, 0.3) is 0 Å². The maximum absolute atomic E-state index is 5.17. The van der Waals surface area contributed by atoms with Crippen LogP contribution in [0.4, 0.5) is 0 Å². The molecule has 4 nitrogen and oxygen atoms in total. The molecule has 0 bridgehead atoms. The smallest absolute Gasteiger partial charge is 0.164 e. The molecule has 0 unspecified atom stereocenters. The molecular weight excluding hydrogens is 717 g/mol. The molecule has 10 aromatic rings. The molecule has 0 saturated heterocycles. The summed E-state index contributed by atoms with van der Waals surface area (Å²) in [4.78, 5) is 15.3. The van der Waals surface area contributed by atoms with Crippen molar-refractivity contribution < 1.29 is 0 Å². The van der Waals surface area contributed by atoms with Crippen molar-refractivity contribution in [3.63, 3.8) is 0 Å². The van der Waals surface area contributed by atoms with E-state index < -0.39 is 0 Å². The third-order valence-corrected chi connectivity index (χ3v) is 12.9. The zero-order valence-electron chi connectivity index (χ0n) is 33.9. The summed E-state index contributed by atoms with van der Waals surface area (Å²) >= 11 is 0. The minimum Gasteiger partial charge on any atom is -0.309 e. The SMILES string of the molecule is CC1(C)CCC(C)(C)c2cc3c(cc21)c1ccc2ccccc2c1n3-c1ccc2ccc(-c3nc(-c4ccccc4)nc(-c4cccc(-c5ccccc5)c4)n3)cc2c1. The van der Waals surface area contributed by atoms with Crippen molar-refractivity contribution in [3.8, 4) is 51.0 Å². The van der Waals surface area contributed by atoms with Crippen LogP contribution in [-0.4, -0.2) is 19.5 Å². The first-order valence-corrected chi connectivity index (χ1v) is 20.7. The van der Waals surface area contributed by atoms with Gasteiger partial charge in [0.2, 0.25) is 0 Å². The van der Waals surface area contributed by atoms with Crippen LogP contribution in [0.2, 0.25) is 0 Å². The number of hydrogen-bond donors (Lipinski definition) is 0. The van der Waals surface area contributed by atoms with Crippen molar-refractivity contribution in [3.05, 3.63) is 181 Å². The fraction of sp³-hybridized carbons (Fsp3) is 0.145. The summed E-state index contributed by atoms with van der Waals surface area (Å²) in [6.45, 7) is 9.68. The van der Waals surface area contributed by atoms with E-state index in [1.165, 1.54) is 56.5 Å². The molecule has 1 aliphatic carbocycles. The Morgan fingerprint density at radius 1 is 0.390 bits per heavy atom. The maximum atomic E-state index is 5.17. The highest BCUT2D eigenvalue weighted by Crippen LogP contribution is 2.49. The highest BCUT2D eigenvalue weighted by Gasteiger charge is 2.38. The molecule has 0 saturated carbocycles. The summed E-state index contributed by atoms with van der Waals surface area (Å²) in [5.41, 5.74) is 11.9. The van der Waals surface area contributed by atoms with Crippen LogP contribution in [0.1, 0.15) is 51.7 Å². The van der Waals surface area contributed by atoms with E-state index in [4.69, 9.17) is 15.0 Å². The Morgan fingerprint density at radius 2 is 0.966 bits per heavy atom. The average Bonchev–Trinajstić information content (AvgIpc) is 3.62. The number of fused-ring (bicyclic) bond motifs is 7. The highest BCUT2D eigenvalue weighted by molar-refractivity contribution is 6.19. The van der Waals surface area contributed by atoms with E-state index in [1.807, 2.05) is 24.3 Å². The molecule has 0 N–H and O–H groups in total. The van der Waals surface area contributed by atoms with Crippen LogP contribution < -0.4 is 0 Å². The third kappa shape index (κ3) is 5.93. The van der Waals surface area contributed by atoms with E-state index in [2.05, 4.69) is 178 Å². The van der Waals surface area contributed by atoms with Crippen LogP contribution in [0.15, 0.2) is 170 Å². The molecule has 284 valence electrons. The molecule has 0 aliphatic heterocycles. The highest BCUT2D eigenvalue weighted by atomic mass is 15.0. The van der Waals surface area contributed by atoms with Gasteiger partial charge in [-0.25, -0.2) is 15.0 Å². The minimum absolute atomic E-state index is 0.0888. The van der Waals surface area contributed by atoms with Crippen molar-refractivity contribution in [2.45, 2.75) is 51.4 Å². The van der Waals surface area contributed by atoms with Gasteiger partial charge in [0.1, 0.15) is 0 Å². The van der Waals surface area contributed by atoms with Crippen LogP contribution in [0, 0.1) is 0 Å². The van der Waals surface area contributed by atoms with Gasteiger partial charge in [-0.15, -0.1) is 0 Å². The standard InChI is InChI=1S/C55H44N4/c1-54(2)28-29-55(3,4)48-34-49-46(33-47(48)54)45-27-25-37-16-11-12-21-44(37)50(45)59(49)43-26-24-36-22-23-41(31-42(36)32-43)53-57-51(38-17-9-6-10-18-38)56-52(58-53)40-20-13-19-39(30-40)35-14-7-5-8-15-35/h5-27,30-34H,28-29H2,1-4H3. The number of nitrogens with zero attached hydrogens (tertiary/aromatic N) is 4. The predicted octanol–water partition coefficient (Wildman–Crippen LogP) is 14.3. The van der Waals surface area contributed by atoms with Gasteiger partial charge in [0.05, 0.1) is 11.0 Å². The van der Waals surface area contributed by atoms with Gasteiger partial charge in [0.15, 0.2) is 17.5 Å². The van der Waals surface area contributed by atoms with Crippen LogP contribution in [0.25, 0.3) is 94.3 Å². The maximum Gasteiger partial charge on any atom is 0.164 e. The molecule has 1 aliphatic rings. The normalized spacial score (nSPS) is 14.6. The number of aromatic nitrogens is 4. The Hall–Kier alpha value is -6.91. The van der Waals surface area contributed by atoms with E-state index in [9.17, 15) is 0 Å². The van der Waals surface area contributed by atoms with Gasteiger partial charge in [0, 0.05) is 38.5 Å². The van der Waals surface area contributed by atoms with E-state index >= 15 is 0 Å². The predicted molar refractivity (Wildman–Crippen MR) is 246 cm³/mol. The Kier molecular flexibility index (Phi) is 7.96. The van der Waals surface area contributed by atoms with Crippen molar-refractivity contribution in [2.75, 3.05) is 0 Å². The molecule has 0 fully saturated rings. The second-order valence-corrected chi connectivity index (χ2v) is 17.6. The topological polar surface area (TPSA) is 43.6 Å². The number of rotatable bonds is 5. The van der Waals surface area contributed by atoms with Crippen LogP contribution in [0.5, 0.6) is 0 Å². The van der Waals surface area contributed by atoms with Crippen molar-refractivity contribution in [1.82, 2.24) is 19.5 Å². The zero-order valence-corrected chi connectivity index (χ0v) is 33.9. The summed E-state index contributed by atoms with van der Waals surface area (Å²) in [5.74, 6) is 1.94. The monoisotopic (exact) mass is 760 g/mol. The van der Waals surface area contributed by atoms with E-state index in [0.29, 0.717) is 17.5 Å². The quantitative estimate of drug-likeness (QED) is 0.175. The van der Waals surface area contributed by atoms with Gasteiger partial charge in [-0.2, -0.15) is 0 Å². The molecule has 11 rings (SSSR count). The largest absolute Gasteiger partial charge is 0.309 e. The first-order valence-electron chi connectivity index (χ1n) is 20.7. The summed E-state index contributed by atoms with van der Waals surface area (Å²) in [6, 6.07) is 61.0. The molecule has 59 heavy (non-hydrogen) atoms. The number of benzene rings is 8. The van der Waals surface area contributed by atoms with Gasteiger partial charge in [-0.05, 0) is 98.5 Å². The van der Waals surface area contributed by atoms with Gasteiger partial charge >= 0.3 is 0 Å². The molecule has 0 radical (unpaired) electrons. The summed E-state index contributed by atoms with van der Waals surface area (Å²) in [5, 5.41) is 7.39. The molecule has 0 spiro atoms. The average molecular weight is 761 g/mol. The van der Waals surface area contributed by atoms with Crippen molar-refractivity contribution in [1.29, 1.82) is 0 Å². The summed E-state index contributed by atoms with van der Waals surface area (Å²) in [6.07, 6.45) is 2.35. The van der Waals surface area contributed by atoms with Gasteiger partial charge in [-0.3, -0.25) is 0 Å². The summed E-state index contributed by atoms with van der Waals surface area (Å²) in [7, 11) is 0. The lowest BCUT2D eigenvalue weighted by atomic mass is 9.63. The van der Waals surface area contributed by atoms with Gasteiger partial charge < -0.3 is 4.57 Å². The van der Waals surface area contributed by atoms with Crippen LogP contribution >= 0.6 is 0 Å². The molecule has 0 amide bonds. The lowest BCUT2D eigenvalue weighted by Crippen LogP contribution is -2.33. The fourth-order valence-corrected chi connectivity index (χ4v) is 9.44. The lowest BCUT2D eigenvalue weighted by molar-refractivity contribution is 0.332. The van der Waals surface area contributed by atoms with Crippen LogP contribution in [-0.2, 0) is 10.8 Å².